The van der Waals surface area contributed by atoms with Crippen molar-refractivity contribution in [2.75, 3.05) is 13.2 Å². The van der Waals surface area contributed by atoms with E-state index in [-0.39, 0.29) is 6.61 Å². The smallest absolute Gasteiger partial charge is 0.119 e. The molecule has 1 aromatic carbocycles. The van der Waals surface area contributed by atoms with Crippen LogP contribution in [0.2, 0.25) is 0 Å². The second-order valence-corrected chi connectivity index (χ2v) is 4.85. The van der Waals surface area contributed by atoms with Gasteiger partial charge in [0.2, 0.25) is 0 Å². The Morgan fingerprint density at radius 3 is 2.84 bits per heavy atom. The number of unbranched alkanes of at least 4 members (excludes halogenated alkanes) is 2. The summed E-state index contributed by atoms with van der Waals surface area (Å²) in [5.74, 6) is 0.825. The zero-order valence-electron chi connectivity index (χ0n) is 11.1. The average Bonchev–Trinajstić information content (AvgIpc) is 2.46. The first-order valence-electron chi connectivity index (χ1n) is 6.93. The highest BCUT2D eigenvalue weighted by Crippen LogP contribution is 2.26. The molecule has 0 saturated heterocycles. The molecule has 4 nitrogen and oxygen atoms in total. The number of rotatable bonds is 6. The fourth-order valence-electron chi connectivity index (χ4n) is 2.40. The van der Waals surface area contributed by atoms with Gasteiger partial charge in [-0.15, -0.1) is 0 Å². The van der Waals surface area contributed by atoms with Crippen molar-refractivity contribution < 1.29 is 15.1 Å². The van der Waals surface area contributed by atoms with E-state index < -0.39 is 0 Å². The molecule has 0 saturated carbocycles. The number of aryl methyl sites for hydroxylation is 1. The van der Waals surface area contributed by atoms with Gasteiger partial charge < -0.3 is 15.1 Å². The Labute approximate surface area is 113 Å². The maximum Gasteiger partial charge on any atom is 0.119 e. The topological polar surface area (TPSA) is 62.0 Å². The van der Waals surface area contributed by atoms with E-state index in [9.17, 15) is 0 Å². The molecule has 2 rings (SSSR count). The standard InChI is InChI=1S/C15H21NO3/c17-9-2-1-3-10-19-13-8-7-12-5-4-6-15(16-18)14(12)11-13/h7-8,11,17-18H,1-6,9-10H2/b16-15-. The van der Waals surface area contributed by atoms with Gasteiger partial charge in [0.15, 0.2) is 0 Å². The van der Waals surface area contributed by atoms with Crippen LogP contribution in [0, 0.1) is 0 Å². The van der Waals surface area contributed by atoms with Gasteiger partial charge in [0.05, 0.1) is 12.3 Å². The maximum absolute atomic E-state index is 9.03. The van der Waals surface area contributed by atoms with Gasteiger partial charge >= 0.3 is 0 Å². The van der Waals surface area contributed by atoms with Gasteiger partial charge in [-0.25, -0.2) is 0 Å². The molecule has 2 N–H and O–H groups in total. The third kappa shape index (κ3) is 3.70. The van der Waals surface area contributed by atoms with Crippen LogP contribution < -0.4 is 4.74 Å². The third-order valence-corrected chi connectivity index (χ3v) is 3.44. The minimum atomic E-state index is 0.245. The molecule has 0 heterocycles. The summed E-state index contributed by atoms with van der Waals surface area (Å²) in [6.07, 6.45) is 5.64. The number of ether oxygens (including phenoxy) is 1. The van der Waals surface area contributed by atoms with Crippen molar-refractivity contribution in [3.05, 3.63) is 29.3 Å². The molecule has 1 aromatic rings. The van der Waals surface area contributed by atoms with Crippen molar-refractivity contribution in [2.24, 2.45) is 5.16 Å². The predicted octanol–water partition coefficient (Wildman–Crippen LogP) is 2.74. The van der Waals surface area contributed by atoms with E-state index in [1.54, 1.807) is 0 Å². The van der Waals surface area contributed by atoms with Gasteiger partial charge in [-0.1, -0.05) is 11.2 Å². The third-order valence-electron chi connectivity index (χ3n) is 3.44. The highest BCUT2D eigenvalue weighted by molar-refractivity contribution is 6.02. The number of oxime groups is 1. The summed E-state index contributed by atoms with van der Waals surface area (Å²) >= 11 is 0. The van der Waals surface area contributed by atoms with Crippen molar-refractivity contribution in [3.8, 4) is 5.75 Å². The second kappa shape index (κ2) is 7.14. The highest BCUT2D eigenvalue weighted by Gasteiger charge is 2.16. The van der Waals surface area contributed by atoms with E-state index in [0.717, 1.165) is 55.5 Å². The molecule has 0 amide bonds. The van der Waals surface area contributed by atoms with Gasteiger partial charge in [-0.3, -0.25) is 0 Å². The van der Waals surface area contributed by atoms with Crippen molar-refractivity contribution in [2.45, 2.75) is 38.5 Å². The van der Waals surface area contributed by atoms with Crippen LogP contribution in [0.25, 0.3) is 0 Å². The first-order chi connectivity index (χ1) is 9.35. The molecular weight excluding hydrogens is 242 g/mol. The lowest BCUT2D eigenvalue weighted by molar-refractivity contribution is 0.266. The van der Waals surface area contributed by atoms with E-state index in [1.165, 1.54) is 5.56 Å². The molecule has 0 bridgehead atoms. The minimum Gasteiger partial charge on any atom is -0.494 e. The quantitative estimate of drug-likeness (QED) is 0.471. The van der Waals surface area contributed by atoms with Crippen molar-refractivity contribution >= 4 is 5.71 Å². The number of hydrogen-bond acceptors (Lipinski definition) is 4. The molecule has 0 spiro atoms. The fraction of sp³-hybridized carbons (Fsp3) is 0.533. The average molecular weight is 263 g/mol. The normalized spacial score (nSPS) is 16.4. The zero-order chi connectivity index (χ0) is 13.5. The highest BCUT2D eigenvalue weighted by atomic mass is 16.5. The Kier molecular flexibility index (Phi) is 5.21. The molecule has 1 aliphatic carbocycles. The first kappa shape index (κ1) is 13.9. The summed E-state index contributed by atoms with van der Waals surface area (Å²) in [7, 11) is 0. The Bertz CT molecular complexity index is 443. The lowest BCUT2D eigenvalue weighted by Crippen LogP contribution is -2.12. The zero-order valence-corrected chi connectivity index (χ0v) is 11.1. The van der Waals surface area contributed by atoms with E-state index in [4.69, 9.17) is 15.1 Å². The van der Waals surface area contributed by atoms with Gasteiger partial charge in [0.1, 0.15) is 5.75 Å². The van der Waals surface area contributed by atoms with Crippen molar-refractivity contribution in [3.63, 3.8) is 0 Å². The molecule has 1 aliphatic rings. The summed E-state index contributed by atoms with van der Waals surface area (Å²) in [5.41, 5.74) is 3.00. The predicted molar refractivity (Wildman–Crippen MR) is 74.1 cm³/mol. The Morgan fingerprint density at radius 1 is 1.16 bits per heavy atom. The molecule has 0 aromatic heterocycles. The maximum atomic E-state index is 9.03. The van der Waals surface area contributed by atoms with E-state index in [0.29, 0.717) is 6.61 Å². The lowest BCUT2D eigenvalue weighted by atomic mass is 9.90. The van der Waals surface area contributed by atoms with Crippen molar-refractivity contribution in [1.82, 2.24) is 0 Å². The number of aliphatic hydroxyl groups excluding tert-OH is 1. The van der Waals surface area contributed by atoms with Crippen LogP contribution >= 0.6 is 0 Å². The fourth-order valence-corrected chi connectivity index (χ4v) is 2.40. The van der Waals surface area contributed by atoms with Crippen LogP contribution in [-0.4, -0.2) is 29.2 Å². The summed E-state index contributed by atoms with van der Waals surface area (Å²) < 4.78 is 5.69. The second-order valence-electron chi connectivity index (χ2n) is 4.85. The number of nitrogens with zero attached hydrogens (tertiary/aromatic N) is 1. The Balaban J connectivity index is 1.96. The van der Waals surface area contributed by atoms with Crippen LogP contribution in [0.3, 0.4) is 0 Å². The largest absolute Gasteiger partial charge is 0.494 e. The van der Waals surface area contributed by atoms with Crippen LogP contribution in [0.15, 0.2) is 23.4 Å². The Hall–Kier alpha value is -1.55. The van der Waals surface area contributed by atoms with E-state index >= 15 is 0 Å². The van der Waals surface area contributed by atoms with Gasteiger partial charge in [0, 0.05) is 12.2 Å². The molecular formula is C15H21NO3. The van der Waals surface area contributed by atoms with Crippen molar-refractivity contribution in [1.29, 1.82) is 0 Å². The van der Waals surface area contributed by atoms with E-state index in [2.05, 4.69) is 11.2 Å². The lowest BCUT2D eigenvalue weighted by Gasteiger charge is -2.17. The van der Waals surface area contributed by atoms with Gasteiger partial charge in [0.25, 0.3) is 0 Å². The van der Waals surface area contributed by atoms with Gasteiger partial charge in [-0.05, 0) is 56.2 Å². The molecule has 0 atom stereocenters. The van der Waals surface area contributed by atoms with E-state index in [1.807, 2.05) is 12.1 Å². The summed E-state index contributed by atoms with van der Waals surface area (Å²) in [5, 5.41) is 21.1. The number of aliphatic hydroxyl groups is 1. The number of hydrogen-bond donors (Lipinski definition) is 2. The summed E-state index contributed by atoms with van der Waals surface area (Å²) in [4.78, 5) is 0. The Morgan fingerprint density at radius 2 is 2.05 bits per heavy atom. The van der Waals surface area contributed by atoms with Gasteiger partial charge in [-0.2, -0.15) is 0 Å². The molecule has 0 radical (unpaired) electrons. The molecule has 4 heteroatoms. The number of fused-ring (bicyclic) bond motifs is 1. The number of benzene rings is 1. The summed E-state index contributed by atoms with van der Waals surface area (Å²) in [6, 6.07) is 6.00. The van der Waals surface area contributed by atoms with Crippen LogP contribution in [0.1, 0.15) is 43.2 Å². The van der Waals surface area contributed by atoms with Crippen LogP contribution in [0.5, 0.6) is 5.75 Å². The molecule has 0 fully saturated rings. The molecule has 19 heavy (non-hydrogen) atoms. The minimum absolute atomic E-state index is 0.245. The summed E-state index contributed by atoms with van der Waals surface area (Å²) in [6.45, 7) is 0.902. The molecule has 0 unspecified atom stereocenters. The van der Waals surface area contributed by atoms with Crippen LogP contribution in [-0.2, 0) is 6.42 Å². The molecule has 104 valence electrons. The molecule has 0 aliphatic heterocycles. The SMILES string of the molecule is OCCCCCOc1ccc2c(c1)/C(=N\O)CCC2. The van der Waals surface area contributed by atoms with Crippen LogP contribution in [0.4, 0.5) is 0 Å². The monoisotopic (exact) mass is 263 g/mol. The first-order valence-corrected chi connectivity index (χ1v) is 6.93.